The molecule has 0 saturated carbocycles. The van der Waals surface area contributed by atoms with Gasteiger partial charge in [-0.05, 0) is 31.2 Å². The van der Waals surface area contributed by atoms with Crippen LogP contribution < -0.4 is 5.32 Å². The number of nitrogens with one attached hydrogen (secondary N) is 1. The molecule has 1 unspecified atom stereocenters. The minimum Gasteiger partial charge on any atom is -0.348 e. The number of rotatable bonds is 5. The Balaban J connectivity index is 1.75. The van der Waals surface area contributed by atoms with Crippen LogP contribution in [0.15, 0.2) is 40.9 Å². The van der Waals surface area contributed by atoms with Gasteiger partial charge in [-0.25, -0.2) is 9.37 Å². The minimum absolute atomic E-state index is 0.00295. The summed E-state index contributed by atoms with van der Waals surface area (Å²) in [6.07, 6.45) is 0.422. The van der Waals surface area contributed by atoms with Crippen molar-refractivity contribution in [3.8, 4) is 11.3 Å². The third kappa shape index (κ3) is 4.05. The van der Waals surface area contributed by atoms with Crippen molar-refractivity contribution >= 4 is 17.5 Å². The molecule has 1 amide bonds. The van der Waals surface area contributed by atoms with Crippen molar-refractivity contribution in [2.75, 3.05) is 0 Å². The average Bonchev–Trinajstić information content (AvgIpc) is 3.02. The smallest absolute Gasteiger partial charge is 0.270 e. The molecule has 134 valence electrons. The second kappa shape index (κ2) is 7.61. The Morgan fingerprint density at radius 3 is 2.77 bits per heavy atom. The van der Waals surface area contributed by atoms with Gasteiger partial charge in [0, 0.05) is 24.9 Å². The van der Waals surface area contributed by atoms with Crippen molar-refractivity contribution < 1.29 is 13.7 Å². The summed E-state index contributed by atoms with van der Waals surface area (Å²) in [5.41, 5.74) is 0.750. The van der Waals surface area contributed by atoms with E-state index < -0.39 is 5.82 Å². The molecule has 0 aliphatic rings. The molecule has 0 saturated heterocycles. The van der Waals surface area contributed by atoms with Gasteiger partial charge >= 0.3 is 0 Å². The molecule has 0 aliphatic heterocycles. The van der Waals surface area contributed by atoms with E-state index in [-0.39, 0.29) is 28.2 Å². The Morgan fingerprint density at radius 2 is 2.04 bits per heavy atom. The maximum absolute atomic E-state index is 14.2. The van der Waals surface area contributed by atoms with Crippen LogP contribution in [-0.2, 0) is 6.42 Å². The standard InChI is InChI=1S/C18H16ClFN4O2/c1-10(9-16-22-11(2)26-24-16)21-18(25)15-8-4-7-14(23-15)12-5-3-6-13(19)17(12)20/h3-8,10H,9H2,1-2H3,(H,21,25). The highest BCUT2D eigenvalue weighted by Crippen LogP contribution is 2.26. The van der Waals surface area contributed by atoms with E-state index in [0.717, 1.165) is 0 Å². The Bertz CT molecular complexity index is 944. The van der Waals surface area contributed by atoms with E-state index in [1.807, 2.05) is 6.92 Å². The van der Waals surface area contributed by atoms with Gasteiger partial charge in [0.1, 0.15) is 5.69 Å². The summed E-state index contributed by atoms with van der Waals surface area (Å²) in [5.74, 6) is 0.0384. The molecule has 1 aromatic carbocycles. The molecule has 0 spiro atoms. The summed E-state index contributed by atoms with van der Waals surface area (Å²) in [7, 11) is 0. The summed E-state index contributed by atoms with van der Waals surface area (Å²) in [6.45, 7) is 3.52. The predicted octanol–water partition coefficient (Wildman–Crippen LogP) is 3.59. The lowest BCUT2D eigenvalue weighted by atomic mass is 10.1. The minimum atomic E-state index is -0.569. The molecule has 8 heteroatoms. The predicted molar refractivity (Wildman–Crippen MR) is 94.3 cm³/mol. The van der Waals surface area contributed by atoms with Crippen LogP contribution in [0.1, 0.15) is 29.1 Å². The first kappa shape index (κ1) is 18.0. The lowest BCUT2D eigenvalue weighted by Gasteiger charge is -2.12. The van der Waals surface area contributed by atoms with Gasteiger partial charge in [-0.2, -0.15) is 4.98 Å². The molecule has 1 atom stereocenters. The molecule has 3 aromatic rings. The van der Waals surface area contributed by atoms with Gasteiger partial charge < -0.3 is 9.84 Å². The maximum atomic E-state index is 14.2. The first-order valence-corrected chi connectivity index (χ1v) is 8.33. The number of carbonyl (C=O) groups is 1. The van der Waals surface area contributed by atoms with Gasteiger partial charge in [0.2, 0.25) is 5.89 Å². The lowest BCUT2D eigenvalue weighted by Crippen LogP contribution is -2.34. The fraction of sp³-hybridized carbons (Fsp3) is 0.222. The summed E-state index contributed by atoms with van der Waals surface area (Å²) in [6, 6.07) is 9.25. The Labute approximate surface area is 154 Å². The maximum Gasteiger partial charge on any atom is 0.270 e. The van der Waals surface area contributed by atoms with Gasteiger partial charge in [-0.15, -0.1) is 0 Å². The fourth-order valence-electron chi connectivity index (χ4n) is 2.46. The second-order valence-corrected chi connectivity index (χ2v) is 6.22. The van der Waals surface area contributed by atoms with E-state index in [2.05, 4.69) is 20.4 Å². The molecule has 0 radical (unpaired) electrons. The Kier molecular flexibility index (Phi) is 5.27. The normalized spacial score (nSPS) is 12.0. The van der Waals surface area contributed by atoms with E-state index >= 15 is 0 Å². The Morgan fingerprint density at radius 1 is 1.27 bits per heavy atom. The van der Waals surface area contributed by atoms with Crippen molar-refractivity contribution in [1.29, 1.82) is 0 Å². The van der Waals surface area contributed by atoms with Gasteiger partial charge in [0.05, 0.1) is 10.7 Å². The molecule has 3 rings (SSSR count). The van der Waals surface area contributed by atoms with E-state index in [9.17, 15) is 9.18 Å². The third-order valence-electron chi connectivity index (χ3n) is 3.65. The summed E-state index contributed by atoms with van der Waals surface area (Å²) in [4.78, 5) is 20.8. The summed E-state index contributed by atoms with van der Waals surface area (Å²) in [5, 5.41) is 6.62. The second-order valence-electron chi connectivity index (χ2n) is 5.82. The van der Waals surface area contributed by atoms with Crippen LogP contribution in [0, 0.1) is 12.7 Å². The topological polar surface area (TPSA) is 80.9 Å². The number of aromatic nitrogens is 3. The fourth-order valence-corrected chi connectivity index (χ4v) is 2.63. The molecular weight excluding hydrogens is 359 g/mol. The Hall–Kier alpha value is -2.80. The zero-order valence-corrected chi connectivity index (χ0v) is 14.9. The van der Waals surface area contributed by atoms with Crippen LogP contribution in [0.5, 0.6) is 0 Å². The van der Waals surface area contributed by atoms with Crippen molar-refractivity contribution in [2.45, 2.75) is 26.3 Å². The van der Waals surface area contributed by atoms with Crippen molar-refractivity contribution in [3.63, 3.8) is 0 Å². The number of hydrogen-bond donors (Lipinski definition) is 1. The lowest BCUT2D eigenvalue weighted by molar-refractivity contribution is 0.0934. The van der Waals surface area contributed by atoms with Crippen LogP contribution in [0.3, 0.4) is 0 Å². The molecule has 2 heterocycles. The number of nitrogens with zero attached hydrogens (tertiary/aromatic N) is 3. The third-order valence-corrected chi connectivity index (χ3v) is 3.94. The van der Waals surface area contributed by atoms with Crippen LogP contribution in [0.4, 0.5) is 4.39 Å². The van der Waals surface area contributed by atoms with Gasteiger partial charge in [0.25, 0.3) is 5.91 Å². The highest BCUT2D eigenvalue weighted by molar-refractivity contribution is 6.31. The van der Waals surface area contributed by atoms with Crippen molar-refractivity contribution in [1.82, 2.24) is 20.4 Å². The number of pyridine rings is 1. The number of aryl methyl sites for hydroxylation is 1. The zero-order valence-electron chi connectivity index (χ0n) is 14.2. The number of benzene rings is 1. The molecule has 0 aliphatic carbocycles. The first-order chi connectivity index (χ1) is 12.4. The van der Waals surface area contributed by atoms with Gasteiger partial charge in [-0.1, -0.05) is 28.9 Å². The molecule has 1 N–H and O–H groups in total. The van der Waals surface area contributed by atoms with E-state index in [4.69, 9.17) is 16.1 Å². The highest BCUT2D eigenvalue weighted by Gasteiger charge is 2.16. The monoisotopic (exact) mass is 374 g/mol. The summed E-state index contributed by atoms with van der Waals surface area (Å²) < 4.78 is 19.1. The number of carbonyl (C=O) groups excluding carboxylic acids is 1. The van der Waals surface area contributed by atoms with Gasteiger partial charge in [0.15, 0.2) is 11.6 Å². The molecule has 2 aromatic heterocycles. The molecular formula is C18H16ClFN4O2. The van der Waals surface area contributed by atoms with E-state index in [1.54, 1.807) is 37.3 Å². The van der Waals surface area contributed by atoms with Gasteiger partial charge in [-0.3, -0.25) is 4.79 Å². The summed E-state index contributed by atoms with van der Waals surface area (Å²) >= 11 is 5.81. The molecule has 26 heavy (non-hydrogen) atoms. The van der Waals surface area contributed by atoms with Crippen LogP contribution in [0.25, 0.3) is 11.3 Å². The van der Waals surface area contributed by atoms with E-state index in [1.165, 1.54) is 6.07 Å². The number of halogens is 2. The number of amides is 1. The highest BCUT2D eigenvalue weighted by atomic mass is 35.5. The SMILES string of the molecule is Cc1nc(CC(C)NC(=O)c2cccc(-c3cccc(Cl)c3F)n2)no1. The molecule has 6 nitrogen and oxygen atoms in total. The van der Waals surface area contributed by atoms with Crippen molar-refractivity contribution in [3.05, 3.63) is 64.6 Å². The molecule has 0 fully saturated rings. The van der Waals surface area contributed by atoms with Crippen LogP contribution in [-0.4, -0.2) is 27.1 Å². The number of hydrogen-bond acceptors (Lipinski definition) is 5. The first-order valence-electron chi connectivity index (χ1n) is 7.95. The molecule has 0 bridgehead atoms. The zero-order chi connectivity index (χ0) is 18.7. The quantitative estimate of drug-likeness (QED) is 0.738. The van der Waals surface area contributed by atoms with E-state index in [0.29, 0.717) is 23.8 Å². The largest absolute Gasteiger partial charge is 0.348 e. The van der Waals surface area contributed by atoms with Crippen molar-refractivity contribution in [2.24, 2.45) is 0 Å². The average molecular weight is 375 g/mol. The van der Waals surface area contributed by atoms with Crippen LogP contribution in [0.2, 0.25) is 5.02 Å². The van der Waals surface area contributed by atoms with Crippen LogP contribution >= 0.6 is 11.6 Å².